The first-order chi connectivity index (χ1) is 14.0. The number of aryl methyl sites for hydroxylation is 1. The van der Waals surface area contributed by atoms with Crippen LogP contribution in [0.4, 0.5) is 0 Å². The summed E-state index contributed by atoms with van der Waals surface area (Å²) in [5.41, 5.74) is 3.91. The monoisotopic (exact) mass is 425 g/mol. The third-order valence-corrected chi connectivity index (χ3v) is 6.17. The topological polar surface area (TPSA) is 55.6 Å². The van der Waals surface area contributed by atoms with Crippen molar-refractivity contribution in [3.05, 3.63) is 75.9 Å². The molecular weight excluding hydrogens is 406 g/mol. The van der Waals surface area contributed by atoms with Gasteiger partial charge in [0, 0.05) is 29.0 Å². The van der Waals surface area contributed by atoms with Crippen molar-refractivity contribution in [2.45, 2.75) is 13.3 Å². The Kier molecular flexibility index (Phi) is 5.56. The number of nitrogens with zero attached hydrogens (tertiary/aromatic N) is 2. The molecule has 0 saturated carbocycles. The van der Waals surface area contributed by atoms with Gasteiger partial charge in [0.25, 0.3) is 5.91 Å². The number of rotatable bonds is 6. The van der Waals surface area contributed by atoms with Gasteiger partial charge in [-0.2, -0.15) is 0 Å². The summed E-state index contributed by atoms with van der Waals surface area (Å²) in [4.78, 5) is 18.8. The first-order valence-corrected chi connectivity index (χ1v) is 10.4. The van der Waals surface area contributed by atoms with Gasteiger partial charge in [0.2, 0.25) is 0 Å². The highest BCUT2D eigenvalue weighted by atomic mass is 35.5. The van der Waals surface area contributed by atoms with Crippen LogP contribution < -0.4 is 10.1 Å². The van der Waals surface area contributed by atoms with Crippen molar-refractivity contribution in [1.82, 2.24) is 14.7 Å². The van der Waals surface area contributed by atoms with E-state index in [0.29, 0.717) is 16.4 Å². The van der Waals surface area contributed by atoms with E-state index < -0.39 is 0 Å². The number of methoxy groups -OCH3 is 1. The van der Waals surface area contributed by atoms with Gasteiger partial charge >= 0.3 is 0 Å². The van der Waals surface area contributed by atoms with Crippen LogP contribution in [0, 0.1) is 6.92 Å². The first-order valence-electron chi connectivity index (χ1n) is 9.20. The zero-order valence-corrected chi connectivity index (χ0v) is 17.7. The van der Waals surface area contributed by atoms with E-state index in [1.54, 1.807) is 7.11 Å². The number of carbonyl (C=O) groups is 1. The molecule has 1 amide bonds. The average Bonchev–Trinajstić information content (AvgIpc) is 3.29. The standard InChI is InChI=1S/C22H20ClN3O2S/c1-14-20(21(27)24-12-11-15-3-7-17(23)8-4-15)29-22-25-19(13-26(14)22)16-5-9-18(28-2)10-6-16/h3-10,13H,11-12H2,1-2H3,(H,24,27). The van der Waals surface area contributed by atoms with Crippen molar-refractivity contribution in [3.63, 3.8) is 0 Å². The van der Waals surface area contributed by atoms with E-state index in [1.165, 1.54) is 11.3 Å². The lowest BCUT2D eigenvalue weighted by Crippen LogP contribution is -2.25. The van der Waals surface area contributed by atoms with Crippen LogP contribution in [-0.2, 0) is 6.42 Å². The Balaban J connectivity index is 1.46. The zero-order chi connectivity index (χ0) is 20.4. The summed E-state index contributed by atoms with van der Waals surface area (Å²) >= 11 is 7.30. The number of imidazole rings is 1. The van der Waals surface area contributed by atoms with Gasteiger partial charge in [-0.3, -0.25) is 9.20 Å². The summed E-state index contributed by atoms with van der Waals surface area (Å²) in [6.07, 6.45) is 2.72. The van der Waals surface area contributed by atoms with Crippen LogP contribution in [0.2, 0.25) is 5.02 Å². The third kappa shape index (κ3) is 4.13. The van der Waals surface area contributed by atoms with Crippen molar-refractivity contribution in [1.29, 1.82) is 0 Å². The molecule has 0 fully saturated rings. The Hall–Kier alpha value is -2.83. The van der Waals surface area contributed by atoms with E-state index in [9.17, 15) is 4.79 Å². The first kappa shape index (κ1) is 19.5. The molecule has 2 heterocycles. The van der Waals surface area contributed by atoms with Crippen LogP contribution in [0.15, 0.2) is 54.7 Å². The molecule has 4 aromatic rings. The minimum absolute atomic E-state index is 0.0713. The van der Waals surface area contributed by atoms with E-state index >= 15 is 0 Å². The molecule has 148 valence electrons. The lowest BCUT2D eigenvalue weighted by molar-refractivity contribution is 0.0957. The van der Waals surface area contributed by atoms with E-state index in [-0.39, 0.29) is 5.91 Å². The molecule has 1 N–H and O–H groups in total. The minimum Gasteiger partial charge on any atom is -0.497 e. The maximum Gasteiger partial charge on any atom is 0.263 e. The van der Waals surface area contributed by atoms with Crippen molar-refractivity contribution in [2.24, 2.45) is 0 Å². The van der Waals surface area contributed by atoms with Crippen LogP contribution in [0.1, 0.15) is 20.9 Å². The molecule has 0 aliphatic carbocycles. The predicted molar refractivity (Wildman–Crippen MR) is 117 cm³/mol. The van der Waals surface area contributed by atoms with E-state index in [1.807, 2.05) is 66.1 Å². The number of thiazole rings is 1. The van der Waals surface area contributed by atoms with Crippen LogP contribution in [0.5, 0.6) is 5.75 Å². The van der Waals surface area contributed by atoms with Gasteiger partial charge in [-0.25, -0.2) is 4.98 Å². The number of ether oxygens (including phenoxy) is 1. The third-order valence-electron chi connectivity index (χ3n) is 4.76. The van der Waals surface area contributed by atoms with E-state index in [0.717, 1.165) is 39.6 Å². The molecule has 4 rings (SSSR count). The summed E-state index contributed by atoms with van der Waals surface area (Å²) in [5, 5.41) is 3.71. The largest absolute Gasteiger partial charge is 0.497 e. The molecule has 0 unspecified atom stereocenters. The summed E-state index contributed by atoms with van der Waals surface area (Å²) in [7, 11) is 1.65. The molecule has 5 nitrogen and oxygen atoms in total. The maximum atomic E-state index is 12.6. The number of aromatic nitrogens is 2. The number of hydrogen-bond donors (Lipinski definition) is 1. The molecule has 0 radical (unpaired) electrons. The molecule has 0 bridgehead atoms. The molecule has 29 heavy (non-hydrogen) atoms. The molecule has 0 spiro atoms. The van der Waals surface area contributed by atoms with Crippen LogP contribution in [0.25, 0.3) is 16.2 Å². The van der Waals surface area contributed by atoms with Crippen LogP contribution in [0.3, 0.4) is 0 Å². The SMILES string of the molecule is COc1ccc(-c2cn3c(C)c(C(=O)NCCc4ccc(Cl)cc4)sc3n2)cc1. The van der Waals surface area contributed by atoms with Gasteiger partial charge < -0.3 is 10.1 Å². The summed E-state index contributed by atoms with van der Waals surface area (Å²) < 4.78 is 7.17. The van der Waals surface area contributed by atoms with Gasteiger partial charge in [0.1, 0.15) is 10.6 Å². The fraction of sp³-hybridized carbons (Fsp3) is 0.182. The maximum absolute atomic E-state index is 12.6. The molecule has 0 atom stereocenters. The minimum atomic E-state index is -0.0713. The Bertz CT molecular complexity index is 1150. The van der Waals surface area contributed by atoms with Gasteiger partial charge in [0.15, 0.2) is 4.96 Å². The van der Waals surface area contributed by atoms with Crippen molar-refractivity contribution in [2.75, 3.05) is 13.7 Å². The normalized spacial score (nSPS) is 11.0. The van der Waals surface area contributed by atoms with Crippen LogP contribution >= 0.6 is 22.9 Å². The predicted octanol–water partition coefficient (Wildman–Crippen LogP) is 5.01. The highest BCUT2D eigenvalue weighted by Gasteiger charge is 2.18. The number of halogens is 1. The Morgan fingerprint density at radius 3 is 2.55 bits per heavy atom. The second-order valence-electron chi connectivity index (χ2n) is 6.66. The number of amides is 1. The Morgan fingerprint density at radius 2 is 1.90 bits per heavy atom. The second kappa shape index (κ2) is 8.27. The zero-order valence-electron chi connectivity index (χ0n) is 16.1. The quantitative estimate of drug-likeness (QED) is 0.472. The number of benzene rings is 2. The highest BCUT2D eigenvalue weighted by molar-refractivity contribution is 7.19. The fourth-order valence-corrected chi connectivity index (χ4v) is 4.26. The van der Waals surface area contributed by atoms with Gasteiger partial charge in [0.05, 0.1) is 12.8 Å². The number of nitrogens with one attached hydrogen (secondary N) is 1. The van der Waals surface area contributed by atoms with Crippen molar-refractivity contribution in [3.8, 4) is 17.0 Å². The van der Waals surface area contributed by atoms with Gasteiger partial charge in [-0.05, 0) is 55.3 Å². The van der Waals surface area contributed by atoms with Crippen LogP contribution in [-0.4, -0.2) is 28.9 Å². The molecule has 2 aromatic heterocycles. The molecule has 2 aromatic carbocycles. The molecular formula is C22H20ClN3O2S. The average molecular weight is 426 g/mol. The molecule has 0 saturated heterocycles. The summed E-state index contributed by atoms with van der Waals surface area (Å²) in [6.45, 7) is 2.51. The van der Waals surface area contributed by atoms with E-state index in [2.05, 4.69) is 10.3 Å². The Morgan fingerprint density at radius 1 is 1.17 bits per heavy atom. The van der Waals surface area contributed by atoms with Gasteiger partial charge in [-0.15, -0.1) is 0 Å². The number of hydrogen-bond acceptors (Lipinski definition) is 4. The molecule has 7 heteroatoms. The molecule has 0 aliphatic rings. The smallest absolute Gasteiger partial charge is 0.263 e. The lowest BCUT2D eigenvalue weighted by Gasteiger charge is -2.05. The van der Waals surface area contributed by atoms with Crippen molar-refractivity contribution < 1.29 is 9.53 Å². The number of carbonyl (C=O) groups excluding carboxylic acids is 1. The summed E-state index contributed by atoms with van der Waals surface area (Å²) in [5.74, 6) is 0.737. The number of fused-ring (bicyclic) bond motifs is 1. The second-order valence-corrected chi connectivity index (χ2v) is 8.07. The highest BCUT2D eigenvalue weighted by Crippen LogP contribution is 2.28. The van der Waals surface area contributed by atoms with Crippen molar-refractivity contribution >= 4 is 33.8 Å². The fourth-order valence-electron chi connectivity index (χ4n) is 3.11. The lowest BCUT2D eigenvalue weighted by atomic mass is 10.1. The Labute approximate surface area is 177 Å². The van der Waals surface area contributed by atoms with Gasteiger partial charge in [-0.1, -0.05) is 35.1 Å². The van der Waals surface area contributed by atoms with E-state index in [4.69, 9.17) is 16.3 Å². The summed E-state index contributed by atoms with van der Waals surface area (Å²) in [6, 6.07) is 15.4. The molecule has 0 aliphatic heterocycles.